The number of methoxy groups -OCH3 is 1. The fourth-order valence-electron chi connectivity index (χ4n) is 3.68. The van der Waals surface area contributed by atoms with E-state index < -0.39 is 5.60 Å². The molecule has 0 unspecified atom stereocenters. The highest BCUT2D eigenvalue weighted by Crippen LogP contribution is 2.24. The summed E-state index contributed by atoms with van der Waals surface area (Å²) in [5.74, 6) is 0.900. The Morgan fingerprint density at radius 1 is 1.13 bits per heavy atom. The van der Waals surface area contributed by atoms with Gasteiger partial charge in [-0.05, 0) is 64.5 Å². The number of piperidine rings is 1. The van der Waals surface area contributed by atoms with Crippen molar-refractivity contribution in [3.63, 3.8) is 0 Å². The zero-order valence-corrected chi connectivity index (χ0v) is 18.8. The second-order valence-electron chi connectivity index (χ2n) is 8.95. The van der Waals surface area contributed by atoms with Crippen LogP contribution in [0, 0.1) is 5.92 Å². The molecule has 0 radical (unpaired) electrons. The van der Waals surface area contributed by atoms with E-state index in [9.17, 15) is 9.59 Å². The van der Waals surface area contributed by atoms with Gasteiger partial charge in [0.15, 0.2) is 5.82 Å². The van der Waals surface area contributed by atoms with Gasteiger partial charge in [-0.2, -0.15) is 5.10 Å². The SMILES string of the molecule is COC(=O)c1ccc(-c2ncn(CCCC3CCN(C(=O)OC(C)(C)C)CC3)n2)cc1. The number of aromatic nitrogens is 3. The van der Waals surface area contributed by atoms with Crippen LogP contribution >= 0.6 is 0 Å². The predicted octanol–water partition coefficient (Wildman–Crippen LogP) is 4.16. The molecule has 0 spiro atoms. The van der Waals surface area contributed by atoms with Crippen LogP contribution in [0.2, 0.25) is 0 Å². The van der Waals surface area contributed by atoms with Crippen LogP contribution in [0.5, 0.6) is 0 Å². The zero-order chi connectivity index (χ0) is 22.4. The van der Waals surface area contributed by atoms with Crippen LogP contribution in [-0.4, -0.2) is 57.5 Å². The number of rotatable bonds is 6. The van der Waals surface area contributed by atoms with Gasteiger partial charge >= 0.3 is 12.1 Å². The second kappa shape index (κ2) is 9.94. The maximum atomic E-state index is 12.2. The summed E-state index contributed by atoms with van der Waals surface area (Å²) >= 11 is 0. The average Bonchev–Trinajstić information content (AvgIpc) is 3.21. The van der Waals surface area contributed by atoms with Crippen LogP contribution in [0.15, 0.2) is 30.6 Å². The fourth-order valence-corrected chi connectivity index (χ4v) is 3.68. The van der Waals surface area contributed by atoms with E-state index in [-0.39, 0.29) is 12.1 Å². The summed E-state index contributed by atoms with van der Waals surface area (Å²) in [6.07, 6.45) is 5.67. The number of benzene rings is 1. The normalized spacial score (nSPS) is 15.0. The molecule has 1 saturated heterocycles. The van der Waals surface area contributed by atoms with E-state index >= 15 is 0 Å². The lowest BCUT2D eigenvalue weighted by Gasteiger charge is -2.33. The van der Waals surface area contributed by atoms with Crippen molar-refractivity contribution in [3.8, 4) is 11.4 Å². The van der Waals surface area contributed by atoms with Crippen molar-refractivity contribution in [2.75, 3.05) is 20.2 Å². The molecule has 8 nitrogen and oxygen atoms in total. The second-order valence-corrected chi connectivity index (χ2v) is 8.95. The molecule has 1 fully saturated rings. The first kappa shape index (κ1) is 22.8. The third-order valence-corrected chi connectivity index (χ3v) is 5.37. The van der Waals surface area contributed by atoms with Crippen molar-refractivity contribution in [2.24, 2.45) is 5.92 Å². The summed E-state index contributed by atoms with van der Waals surface area (Å²) in [4.78, 5) is 29.9. The highest BCUT2D eigenvalue weighted by Gasteiger charge is 2.26. The molecule has 1 aromatic carbocycles. The lowest BCUT2D eigenvalue weighted by molar-refractivity contribution is 0.0180. The minimum Gasteiger partial charge on any atom is -0.465 e. The summed E-state index contributed by atoms with van der Waals surface area (Å²) in [5, 5.41) is 4.55. The average molecular weight is 429 g/mol. The Bertz CT molecular complexity index is 878. The van der Waals surface area contributed by atoms with E-state index in [1.54, 1.807) is 18.5 Å². The van der Waals surface area contributed by atoms with Crippen LogP contribution in [0.25, 0.3) is 11.4 Å². The monoisotopic (exact) mass is 428 g/mol. The molecule has 1 aromatic heterocycles. The number of ether oxygens (including phenoxy) is 2. The molecule has 2 aromatic rings. The Morgan fingerprint density at radius 2 is 1.81 bits per heavy atom. The largest absolute Gasteiger partial charge is 0.465 e. The molecular weight excluding hydrogens is 396 g/mol. The maximum absolute atomic E-state index is 12.2. The molecule has 0 aliphatic carbocycles. The van der Waals surface area contributed by atoms with Gasteiger partial charge in [0.05, 0.1) is 12.7 Å². The molecule has 3 rings (SSSR count). The number of carbonyl (C=O) groups excluding carboxylic acids is 2. The van der Waals surface area contributed by atoms with Crippen molar-refractivity contribution in [1.29, 1.82) is 0 Å². The fraction of sp³-hybridized carbons (Fsp3) is 0.565. The molecule has 31 heavy (non-hydrogen) atoms. The summed E-state index contributed by atoms with van der Waals surface area (Å²) in [6.45, 7) is 8.00. The first-order valence-electron chi connectivity index (χ1n) is 10.8. The molecule has 8 heteroatoms. The van der Waals surface area contributed by atoms with Gasteiger partial charge in [-0.15, -0.1) is 0 Å². The lowest BCUT2D eigenvalue weighted by atomic mass is 9.92. The molecule has 2 heterocycles. The molecule has 168 valence electrons. The first-order valence-corrected chi connectivity index (χ1v) is 10.8. The Morgan fingerprint density at radius 3 is 2.42 bits per heavy atom. The molecule has 1 aliphatic heterocycles. The van der Waals surface area contributed by atoms with Gasteiger partial charge in [-0.1, -0.05) is 12.1 Å². The molecule has 0 N–H and O–H groups in total. The van der Waals surface area contributed by atoms with Crippen LogP contribution in [0.1, 0.15) is 56.8 Å². The highest BCUT2D eigenvalue weighted by atomic mass is 16.6. The zero-order valence-electron chi connectivity index (χ0n) is 18.8. The summed E-state index contributed by atoms with van der Waals surface area (Å²) in [7, 11) is 1.36. The van der Waals surface area contributed by atoms with E-state index in [2.05, 4.69) is 10.1 Å². The number of aryl methyl sites for hydroxylation is 1. The number of amides is 1. The molecule has 1 aliphatic rings. The minimum absolute atomic E-state index is 0.208. The first-order chi connectivity index (χ1) is 14.7. The van der Waals surface area contributed by atoms with Gasteiger partial charge in [0, 0.05) is 25.2 Å². The maximum Gasteiger partial charge on any atom is 0.410 e. The standard InChI is InChI=1S/C23H32N4O4/c1-23(2,3)31-22(29)26-14-11-17(12-15-26)6-5-13-27-16-24-20(25-27)18-7-9-19(10-8-18)21(28)30-4/h7-10,16-17H,5-6,11-15H2,1-4H3. The van der Waals surface area contributed by atoms with Gasteiger partial charge in [0.2, 0.25) is 0 Å². The third kappa shape index (κ3) is 6.54. The van der Waals surface area contributed by atoms with Gasteiger partial charge in [0.1, 0.15) is 11.9 Å². The molecular formula is C23H32N4O4. The number of likely N-dealkylation sites (tertiary alicyclic amines) is 1. The quantitative estimate of drug-likeness (QED) is 0.642. The number of hydrogen-bond acceptors (Lipinski definition) is 6. The molecule has 0 bridgehead atoms. The van der Waals surface area contributed by atoms with E-state index in [0.717, 1.165) is 50.9 Å². The summed E-state index contributed by atoms with van der Waals surface area (Å²) in [6, 6.07) is 7.08. The number of carbonyl (C=O) groups is 2. The Balaban J connectivity index is 1.42. The van der Waals surface area contributed by atoms with Crippen molar-refractivity contribution in [3.05, 3.63) is 36.2 Å². The highest BCUT2D eigenvalue weighted by molar-refractivity contribution is 5.89. The van der Waals surface area contributed by atoms with Crippen molar-refractivity contribution in [1.82, 2.24) is 19.7 Å². The molecule has 1 amide bonds. The van der Waals surface area contributed by atoms with E-state index in [0.29, 0.717) is 17.3 Å². The van der Waals surface area contributed by atoms with E-state index in [4.69, 9.17) is 9.47 Å². The van der Waals surface area contributed by atoms with Crippen molar-refractivity contribution in [2.45, 2.75) is 58.6 Å². The van der Waals surface area contributed by atoms with Gasteiger partial charge in [0.25, 0.3) is 0 Å². The predicted molar refractivity (Wildman–Crippen MR) is 117 cm³/mol. The number of nitrogens with zero attached hydrogens (tertiary/aromatic N) is 4. The molecule has 0 saturated carbocycles. The van der Waals surface area contributed by atoms with E-state index in [1.807, 2.05) is 42.5 Å². The Hall–Kier alpha value is -2.90. The topological polar surface area (TPSA) is 86.6 Å². The number of hydrogen-bond donors (Lipinski definition) is 0. The van der Waals surface area contributed by atoms with Crippen molar-refractivity contribution >= 4 is 12.1 Å². The van der Waals surface area contributed by atoms with Crippen LogP contribution in [0.4, 0.5) is 4.79 Å². The smallest absolute Gasteiger partial charge is 0.410 e. The Kier molecular flexibility index (Phi) is 7.30. The summed E-state index contributed by atoms with van der Waals surface area (Å²) < 4.78 is 12.0. The van der Waals surface area contributed by atoms with Gasteiger partial charge in [-0.3, -0.25) is 4.68 Å². The third-order valence-electron chi connectivity index (χ3n) is 5.37. The summed E-state index contributed by atoms with van der Waals surface area (Å²) in [5.41, 5.74) is 0.915. The van der Waals surface area contributed by atoms with Crippen LogP contribution in [-0.2, 0) is 16.0 Å². The molecule has 0 atom stereocenters. The van der Waals surface area contributed by atoms with Crippen LogP contribution in [0.3, 0.4) is 0 Å². The van der Waals surface area contributed by atoms with E-state index in [1.165, 1.54) is 7.11 Å². The van der Waals surface area contributed by atoms with Gasteiger partial charge in [-0.25, -0.2) is 14.6 Å². The lowest BCUT2D eigenvalue weighted by Crippen LogP contribution is -2.41. The number of esters is 1. The van der Waals surface area contributed by atoms with Crippen LogP contribution < -0.4 is 0 Å². The minimum atomic E-state index is -0.450. The van der Waals surface area contributed by atoms with Gasteiger partial charge < -0.3 is 14.4 Å². The Labute approximate surface area is 183 Å². The van der Waals surface area contributed by atoms with Crippen molar-refractivity contribution < 1.29 is 19.1 Å².